The van der Waals surface area contributed by atoms with Crippen LogP contribution in [0.3, 0.4) is 0 Å². The number of benzene rings is 1. The number of nitrogens with one attached hydrogen (secondary N) is 2. The summed E-state index contributed by atoms with van der Waals surface area (Å²) in [6.45, 7) is 9.03. The highest BCUT2D eigenvalue weighted by atomic mass is 16.5. The maximum atomic E-state index is 5.30. The Kier molecular flexibility index (Phi) is 7.89. The third-order valence-corrected chi connectivity index (χ3v) is 4.44. The van der Waals surface area contributed by atoms with Crippen LogP contribution in [0.15, 0.2) is 29.3 Å². The molecule has 0 amide bonds. The number of methoxy groups -OCH3 is 1. The summed E-state index contributed by atoms with van der Waals surface area (Å²) in [5.74, 6) is 1.80. The molecular formula is C19H32N4O. The summed E-state index contributed by atoms with van der Waals surface area (Å²) in [6.07, 6.45) is 3.91. The van der Waals surface area contributed by atoms with Gasteiger partial charge in [0.2, 0.25) is 0 Å². The van der Waals surface area contributed by atoms with Gasteiger partial charge in [0.05, 0.1) is 19.7 Å². The number of hydrogen-bond acceptors (Lipinski definition) is 3. The largest absolute Gasteiger partial charge is 0.497 e. The van der Waals surface area contributed by atoms with Crippen LogP contribution in [0, 0.1) is 0 Å². The summed E-state index contributed by atoms with van der Waals surface area (Å²) in [6, 6.07) is 8.77. The fourth-order valence-electron chi connectivity index (χ4n) is 3.17. The molecule has 0 bridgehead atoms. The highest BCUT2D eigenvalue weighted by Gasteiger charge is 2.22. The van der Waals surface area contributed by atoms with Gasteiger partial charge >= 0.3 is 0 Å². The van der Waals surface area contributed by atoms with Crippen molar-refractivity contribution in [1.82, 2.24) is 15.5 Å². The molecule has 24 heavy (non-hydrogen) atoms. The number of hydrogen-bond donors (Lipinski definition) is 2. The van der Waals surface area contributed by atoms with Crippen LogP contribution in [0.2, 0.25) is 0 Å². The molecule has 0 aliphatic carbocycles. The third-order valence-electron chi connectivity index (χ3n) is 4.44. The predicted molar refractivity (Wildman–Crippen MR) is 101 cm³/mol. The van der Waals surface area contributed by atoms with Crippen LogP contribution in [0.4, 0.5) is 0 Å². The molecule has 1 fully saturated rings. The Morgan fingerprint density at radius 1 is 1.08 bits per heavy atom. The van der Waals surface area contributed by atoms with Crippen LogP contribution in [-0.2, 0) is 0 Å². The van der Waals surface area contributed by atoms with E-state index in [1.165, 1.54) is 24.8 Å². The van der Waals surface area contributed by atoms with Gasteiger partial charge in [-0.05, 0) is 57.5 Å². The topological polar surface area (TPSA) is 48.9 Å². The summed E-state index contributed by atoms with van der Waals surface area (Å²) < 4.78 is 5.30. The normalized spacial score (nSPS) is 16.3. The van der Waals surface area contributed by atoms with E-state index in [-0.39, 0.29) is 0 Å². The van der Waals surface area contributed by atoms with Gasteiger partial charge in [-0.25, -0.2) is 0 Å². The van der Waals surface area contributed by atoms with Gasteiger partial charge in [0.15, 0.2) is 5.96 Å². The molecular weight excluding hydrogens is 300 g/mol. The van der Waals surface area contributed by atoms with Crippen LogP contribution in [0.1, 0.15) is 44.7 Å². The first kappa shape index (κ1) is 18.6. The van der Waals surface area contributed by atoms with E-state index >= 15 is 0 Å². The molecule has 1 heterocycles. The quantitative estimate of drug-likeness (QED) is 0.595. The number of rotatable bonds is 7. The fourth-order valence-corrected chi connectivity index (χ4v) is 3.17. The molecule has 0 radical (unpaired) electrons. The summed E-state index contributed by atoms with van der Waals surface area (Å²) in [4.78, 5) is 7.39. The van der Waals surface area contributed by atoms with Crippen molar-refractivity contribution in [2.75, 3.05) is 39.8 Å². The number of nitrogens with zero attached hydrogens (tertiary/aromatic N) is 2. The van der Waals surface area contributed by atoms with E-state index < -0.39 is 0 Å². The van der Waals surface area contributed by atoms with Gasteiger partial charge in [0.25, 0.3) is 0 Å². The standard InChI is InChI=1S/C19H32N4O/c1-4-20-19(21-5-2)22-15-18(23-13-7-6-8-14-23)16-9-11-17(24-3)12-10-16/h9-12,18H,4-8,13-15H2,1-3H3,(H2,20,21,22). The molecule has 134 valence electrons. The molecule has 2 N–H and O–H groups in total. The Hall–Kier alpha value is -1.75. The molecule has 1 aliphatic rings. The fraction of sp³-hybridized carbons (Fsp3) is 0.632. The average Bonchev–Trinajstić information content (AvgIpc) is 2.63. The Labute approximate surface area is 146 Å². The van der Waals surface area contributed by atoms with Crippen LogP contribution in [0.25, 0.3) is 0 Å². The van der Waals surface area contributed by atoms with E-state index in [0.29, 0.717) is 6.04 Å². The summed E-state index contributed by atoms with van der Waals surface area (Å²) in [7, 11) is 1.71. The van der Waals surface area contributed by atoms with Crippen molar-refractivity contribution < 1.29 is 4.74 Å². The molecule has 1 aliphatic heterocycles. The van der Waals surface area contributed by atoms with E-state index in [9.17, 15) is 0 Å². The molecule has 0 aromatic heterocycles. The van der Waals surface area contributed by atoms with E-state index in [2.05, 4.69) is 41.5 Å². The first-order chi connectivity index (χ1) is 11.8. The van der Waals surface area contributed by atoms with E-state index in [1.54, 1.807) is 7.11 Å². The van der Waals surface area contributed by atoms with Crippen molar-refractivity contribution in [3.05, 3.63) is 29.8 Å². The van der Waals surface area contributed by atoms with Crippen molar-refractivity contribution in [1.29, 1.82) is 0 Å². The Bertz CT molecular complexity index is 487. The maximum absolute atomic E-state index is 5.30. The van der Waals surface area contributed by atoms with Gasteiger partial charge in [-0.15, -0.1) is 0 Å². The molecule has 1 saturated heterocycles. The second kappa shape index (κ2) is 10.2. The van der Waals surface area contributed by atoms with E-state index in [1.807, 2.05) is 12.1 Å². The molecule has 0 saturated carbocycles. The monoisotopic (exact) mass is 332 g/mol. The number of likely N-dealkylation sites (tertiary alicyclic amines) is 1. The van der Waals surface area contributed by atoms with Gasteiger partial charge in [0.1, 0.15) is 5.75 Å². The molecule has 1 aromatic carbocycles. The zero-order valence-corrected chi connectivity index (χ0v) is 15.3. The SMILES string of the molecule is CCNC(=NCC(c1ccc(OC)cc1)N1CCCCC1)NCC. The van der Waals surface area contributed by atoms with Crippen LogP contribution in [-0.4, -0.2) is 50.7 Å². The van der Waals surface area contributed by atoms with Crippen LogP contribution < -0.4 is 15.4 Å². The summed E-state index contributed by atoms with van der Waals surface area (Å²) >= 11 is 0. The zero-order chi connectivity index (χ0) is 17.2. The van der Waals surface area contributed by atoms with Crippen molar-refractivity contribution in [3.63, 3.8) is 0 Å². The third kappa shape index (κ3) is 5.41. The van der Waals surface area contributed by atoms with Gasteiger partial charge in [-0.2, -0.15) is 0 Å². The Morgan fingerprint density at radius 2 is 1.71 bits per heavy atom. The summed E-state index contributed by atoms with van der Waals surface area (Å²) in [5, 5.41) is 6.62. The van der Waals surface area contributed by atoms with Crippen LogP contribution in [0.5, 0.6) is 5.75 Å². The minimum atomic E-state index is 0.323. The highest BCUT2D eigenvalue weighted by molar-refractivity contribution is 5.79. The second-order valence-corrected chi connectivity index (χ2v) is 6.14. The molecule has 5 nitrogen and oxygen atoms in total. The Morgan fingerprint density at radius 3 is 2.25 bits per heavy atom. The van der Waals surface area contributed by atoms with Gasteiger partial charge in [-0.3, -0.25) is 9.89 Å². The highest BCUT2D eigenvalue weighted by Crippen LogP contribution is 2.26. The van der Waals surface area contributed by atoms with Gasteiger partial charge in [-0.1, -0.05) is 18.6 Å². The van der Waals surface area contributed by atoms with Crippen molar-refractivity contribution in [2.24, 2.45) is 4.99 Å². The van der Waals surface area contributed by atoms with Gasteiger partial charge in [0, 0.05) is 13.1 Å². The molecule has 5 heteroatoms. The van der Waals surface area contributed by atoms with Crippen molar-refractivity contribution >= 4 is 5.96 Å². The number of piperidine rings is 1. The predicted octanol–water partition coefficient (Wildman–Crippen LogP) is 2.80. The minimum absolute atomic E-state index is 0.323. The lowest BCUT2D eigenvalue weighted by atomic mass is 10.0. The van der Waals surface area contributed by atoms with Crippen molar-refractivity contribution in [2.45, 2.75) is 39.2 Å². The average molecular weight is 332 g/mol. The number of aliphatic imine (C=N–C) groups is 1. The number of guanidine groups is 1. The lowest BCUT2D eigenvalue weighted by Crippen LogP contribution is -2.39. The first-order valence-electron chi connectivity index (χ1n) is 9.18. The maximum Gasteiger partial charge on any atom is 0.191 e. The first-order valence-corrected chi connectivity index (χ1v) is 9.18. The lowest BCUT2D eigenvalue weighted by molar-refractivity contribution is 0.167. The molecule has 2 rings (SSSR count). The molecule has 0 spiro atoms. The number of ether oxygens (including phenoxy) is 1. The molecule has 1 atom stereocenters. The zero-order valence-electron chi connectivity index (χ0n) is 15.3. The molecule has 1 unspecified atom stereocenters. The molecule has 1 aromatic rings. The van der Waals surface area contributed by atoms with Crippen molar-refractivity contribution in [3.8, 4) is 5.75 Å². The minimum Gasteiger partial charge on any atom is -0.497 e. The van der Waals surface area contributed by atoms with Gasteiger partial charge < -0.3 is 15.4 Å². The van der Waals surface area contributed by atoms with Crippen LogP contribution >= 0.6 is 0 Å². The van der Waals surface area contributed by atoms with E-state index in [4.69, 9.17) is 9.73 Å². The smallest absolute Gasteiger partial charge is 0.191 e. The Balaban J connectivity index is 2.16. The van der Waals surface area contributed by atoms with E-state index in [0.717, 1.165) is 44.4 Å². The second-order valence-electron chi connectivity index (χ2n) is 6.14. The summed E-state index contributed by atoms with van der Waals surface area (Å²) in [5.41, 5.74) is 1.31. The lowest BCUT2D eigenvalue weighted by Gasteiger charge is -2.34.